The lowest BCUT2D eigenvalue weighted by Gasteiger charge is -2.17. The summed E-state index contributed by atoms with van der Waals surface area (Å²) in [6, 6.07) is 5.70. The van der Waals surface area contributed by atoms with Crippen molar-refractivity contribution in [1.29, 1.82) is 0 Å². The van der Waals surface area contributed by atoms with Crippen LogP contribution in [-0.2, 0) is 19.4 Å². The molecule has 0 saturated heterocycles. The van der Waals surface area contributed by atoms with E-state index >= 15 is 0 Å². The highest BCUT2D eigenvalue weighted by atomic mass is 35.5. The van der Waals surface area contributed by atoms with E-state index in [0.717, 1.165) is 6.26 Å². The molecule has 0 bridgehead atoms. The molecule has 2 N–H and O–H groups in total. The number of hydrogen-bond donors (Lipinski definition) is 2. The van der Waals surface area contributed by atoms with Crippen LogP contribution in [0.5, 0.6) is 0 Å². The molecule has 21 heavy (non-hydrogen) atoms. The lowest BCUT2D eigenvalue weighted by atomic mass is 10.2. The van der Waals surface area contributed by atoms with E-state index in [1.54, 1.807) is 24.3 Å². The molecule has 0 aliphatic heterocycles. The van der Waals surface area contributed by atoms with Crippen molar-refractivity contribution < 1.29 is 18.0 Å². The Kier molecular flexibility index (Phi) is 6.17. The Bertz CT molecular complexity index is 631. The molecule has 0 spiro atoms. The van der Waals surface area contributed by atoms with Crippen LogP contribution in [0.25, 0.3) is 0 Å². The standard InChI is InChI=1S/C13H17ClN2O4S/c1-9(17)15-12(7-8-21(2,19)20)13(18)16-11-6-4-3-5-10(11)14/h3-6,12H,7-8H2,1-2H3,(H,15,17)(H,16,18)/t12-/m0/s1. The van der Waals surface area contributed by atoms with Crippen LogP contribution in [0.3, 0.4) is 0 Å². The van der Waals surface area contributed by atoms with E-state index in [1.807, 2.05) is 0 Å². The zero-order valence-corrected chi connectivity index (χ0v) is 13.3. The zero-order chi connectivity index (χ0) is 16.0. The monoisotopic (exact) mass is 332 g/mol. The van der Waals surface area contributed by atoms with Crippen LogP contribution in [0.1, 0.15) is 13.3 Å². The second kappa shape index (κ2) is 7.42. The molecule has 1 atom stereocenters. The van der Waals surface area contributed by atoms with E-state index in [9.17, 15) is 18.0 Å². The number of sulfone groups is 1. The maximum absolute atomic E-state index is 12.1. The first-order valence-corrected chi connectivity index (χ1v) is 8.63. The van der Waals surface area contributed by atoms with Crippen molar-refractivity contribution >= 4 is 38.9 Å². The fourth-order valence-corrected chi connectivity index (χ4v) is 2.48. The number of anilines is 1. The van der Waals surface area contributed by atoms with Crippen LogP contribution in [0.4, 0.5) is 5.69 Å². The minimum atomic E-state index is -3.23. The quantitative estimate of drug-likeness (QED) is 0.819. The summed E-state index contributed by atoms with van der Waals surface area (Å²) in [6.45, 7) is 1.26. The van der Waals surface area contributed by atoms with Crippen molar-refractivity contribution in [2.24, 2.45) is 0 Å². The van der Waals surface area contributed by atoms with Gasteiger partial charge in [-0.1, -0.05) is 23.7 Å². The number of amides is 2. The molecular weight excluding hydrogens is 316 g/mol. The van der Waals surface area contributed by atoms with E-state index < -0.39 is 27.7 Å². The molecule has 0 saturated carbocycles. The smallest absolute Gasteiger partial charge is 0.247 e. The van der Waals surface area contributed by atoms with Crippen LogP contribution in [0.15, 0.2) is 24.3 Å². The predicted octanol–water partition coefficient (Wildman–Crippen LogP) is 1.22. The lowest BCUT2D eigenvalue weighted by Crippen LogP contribution is -2.43. The number of hydrogen-bond acceptors (Lipinski definition) is 4. The van der Waals surface area contributed by atoms with E-state index in [0.29, 0.717) is 10.7 Å². The number of halogens is 1. The molecule has 8 heteroatoms. The summed E-state index contributed by atoms with van der Waals surface area (Å²) in [7, 11) is -3.23. The average Bonchev–Trinajstić information content (AvgIpc) is 2.35. The van der Waals surface area contributed by atoms with Gasteiger partial charge in [0.1, 0.15) is 15.9 Å². The predicted molar refractivity (Wildman–Crippen MR) is 82.0 cm³/mol. The van der Waals surface area contributed by atoms with Gasteiger partial charge in [0.15, 0.2) is 0 Å². The van der Waals surface area contributed by atoms with Gasteiger partial charge in [-0.05, 0) is 18.6 Å². The molecule has 6 nitrogen and oxygen atoms in total. The molecule has 0 unspecified atom stereocenters. The summed E-state index contributed by atoms with van der Waals surface area (Å²) in [6.07, 6.45) is 1.07. The van der Waals surface area contributed by atoms with Gasteiger partial charge in [0.25, 0.3) is 0 Å². The number of carbonyl (C=O) groups excluding carboxylic acids is 2. The molecule has 1 aromatic carbocycles. The van der Waals surface area contributed by atoms with Gasteiger partial charge in [-0.15, -0.1) is 0 Å². The molecule has 1 aromatic rings. The molecule has 0 heterocycles. The Hall–Kier alpha value is -1.60. The van der Waals surface area contributed by atoms with Crippen LogP contribution in [0, 0.1) is 0 Å². The Balaban J connectivity index is 2.80. The van der Waals surface area contributed by atoms with Gasteiger partial charge in [0, 0.05) is 13.2 Å². The molecule has 0 fully saturated rings. The van der Waals surface area contributed by atoms with E-state index in [4.69, 9.17) is 11.6 Å². The highest BCUT2D eigenvalue weighted by Gasteiger charge is 2.21. The van der Waals surface area contributed by atoms with Crippen molar-refractivity contribution in [3.8, 4) is 0 Å². The Morgan fingerprint density at radius 2 is 1.90 bits per heavy atom. The maximum Gasteiger partial charge on any atom is 0.247 e. The van der Waals surface area contributed by atoms with Gasteiger partial charge in [-0.2, -0.15) is 0 Å². The molecule has 2 amide bonds. The summed E-state index contributed by atoms with van der Waals surface area (Å²) < 4.78 is 22.4. The maximum atomic E-state index is 12.1. The number of benzene rings is 1. The third-order valence-electron chi connectivity index (χ3n) is 2.60. The fourth-order valence-electron chi connectivity index (χ4n) is 1.63. The van der Waals surface area contributed by atoms with Crippen molar-refractivity contribution in [1.82, 2.24) is 5.32 Å². The summed E-state index contributed by atoms with van der Waals surface area (Å²) in [5.74, 6) is -1.13. The SMILES string of the molecule is CC(=O)N[C@@H](CCS(C)(=O)=O)C(=O)Nc1ccccc1Cl. The summed E-state index contributed by atoms with van der Waals surface area (Å²) in [5.41, 5.74) is 0.402. The molecule has 0 aliphatic rings. The van der Waals surface area contributed by atoms with Crippen LogP contribution >= 0.6 is 11.6 Å². The summed E-state index contributed by atoms with van der Waals surface area (Å²) in [4.78, 5) is 23.3. The van der Waals surface area contributed by atoms with E-state index in [2.05, 4.69) is 10.6 Å². The molecule has 116 valence electrons. The van der Waals surface area contributed by atoms with Gasteiger partial charge in [0.2, 0.25) is 11.8 Å². The molecular formula is C13H17ClN2O4S. The Morgan fingerprint density at radius 1 is 1.29 bits per heavy atom. The Labute approximate surface area is 128 Å². The van der Waals surface area contributed by atoms with Crippen LogP contribution in [0.2, 0.25) is 5.02 Å². The van der Waals surface area contributed by atoms with Crippen molar-refractivity contribution in [3.63, 3.8) is 0 Å². The molecule has 1 rings (SSSR count). The molecule has 0 aromatic heterocycles. The van der Waals surface area contributed by atoms with Crippen molar-refractivity contribution in [3.05, 3.63) is 29.3 Å². The average molecular weight is 333 g/mol. The third kappa shape index (κ3) is 6.59. The zero-order valence-electron chi connectivity index (χ0n) is 11.7. The Morgan fingerprint density at radius 3 is 2.43 bits per heavy atom. The van der Waals surface area contributed by atoms with Gasteiger partial charge < -0.3 is 10.6 Å². The van der Waals surface area contributed by atoms with Crippen LogP contribution < -0.4 is 10.6 Å². The normalized spacial score (nSPS) is 12.5. The number of nitrogens with one attached hydrogen (secondary N) is 2. The first-order valence-electron chi connectivity index (χ1n) is 6.19. The second-order valence-electron chi connectivity index (χ2n) is 4.64. The number of carbonyl (C=O) groups is 2. The lowest BCUT2D eigenvalue weighted by molar-refractivity contribution is -0.125. The number of rotatable bonds is 6. The van der Waals surface area contributed by atoms with Crippen molar-refractivity contribution in [2.75, 3.05) is 17.3 Å². The number of para-hydroxylation sites is 1. The van der Waals surface area contributed by atoms with Gasteiger partial charge >= 0.3 is 0 Å². The van der Waals surface area contributed by atoms with Crippen molar-refractivity contribution in [2.45, 2.75) is 19.4 Å². The van der Waals surface area contributed by atoms with E-state index in [-0.39, 0.29) is 12.2 Å². The first kappa shape index (κ1) is 17.5. The molecule has 0 aliphatic carbocycles. The van der Waals surface area contributed by atoms with E-state index in [1.165, 1.54) is 6.92 Å². The highest BCUT2D eigenvalue weighted by molar-refractivity contribution is 7.90. The topological polar surface area (TPSA) is 92.3 Å². The molecule has 0 radical (unpaired) electrons. The third-order valence-corrected chi connectivity index (χ3v) is 3.91. The fraction of sp³-hybridized carbons (Fsp3) is 0.385. The second-order valence-corrected chi connectivity index (χ2v) is 7.31. The van der Waals surface area contributed by atoms with Gasteiger partial charge in [0.05, 0.1) is 16.5 Å². The first-order chi connectivity index (χ1) is 9.69. The van der Waals surface area contributed by atoms with Gasteiger partial charge in [-0.3, -0.25) is 9.59 Å². The minimum Gasteiger partial charge on any atom is -0.345 e. The van der Waals surface area contributed by atoms with Gasteiger partial charge in [-0.25, -0.2) is 8.42 Å². The summed E-state index contributed by atoms with van der Waals surface area (Å²) >= 11 is 5.93. The van der Waals surface area contributed by atoms with Crippen LogP contribution in [-0.4, -0.2) is 38.3 Å². The summed E-state index contributed by atoms with van der Waals surface area (Å²) in [5, 5.41) is 5.36. The largest absolute Gasteiger partial charge is 0.345 e. The highest BCUT2D eigenvalue weighted by Crippen LogP contribution is 2.20. The minimum absolute atomic E-state index is 0.00526.